The monoisotopic (exact) mass is 397 g/mol. The van der Waals surface area contributed by atoms with E-state index in [-0.39, 0.29) is 0 Å². The molecular weight excluding hydrogens is 379 g/mol. The lowest BCUT2D eigenvalue weighted by atomic mass is 10.2. The van der Waals surface area contributed by atoms with Crippen molar-refractivity contribution in [3.05, 3.63) is 84.2 Å². The molecule has 0 saturated carbocycles. The average molecular weight is 397 g/mol. The van der Waals surface area contributed by atoms with Crippen LogP contribution < -0.4 is 15.2 Å². The van der Waals surface area contributed by atoms with Crippen LogP contribution in [0.5, 0.6) is 0 Å². The number of nitrogens with one attached hydrogen (secondary N) is 1. The first kappa shape index (κ1) is 18.8. The van der Waals surface area contributed by atoms with Gasteiger partial charge in [-0.2, -0.15) is 18.3 Å². The van der Waals surface area contributed by atoms with Crippen molar-refractivity contribution in [3.63, 3.8) is 0 Å². The third-order valence-corrected chi connectivity index (χ3v) is 4.54. The van der Waals surface area contributed by atoms with Crippen LogP contribution in [-0.4, -0.2) is 18.0 Å². The first-order valence-corrected chi connectivity index (χ1v) is 8.98. The molecule has 0 bridgehead atoms. The van der Waals surface area contributed by atoms with E-state index in [1.54, 1.807) is 28.4 Å². The highest BCUT2D eigenvalue weighted by molar-refractivity contribution is 5.85. The second kappa shape index (κ2) is 7.83. The molecule has 29 heavy (non-hydrogen) atoms. The molecule has 0 radical (unpaired) electrons. The van der Waals surface area contributed by atoms with Crippen LogP contribution >= 0.6 is 0 Å². The maximum atomic E-state index is 13.0. The van der Waals surface area contributed by atoms with E-state index >= 15 is 0 Å². The number of anilines is 3. The molecule has 0 fully saturated rings. The van der Waals surface area contributed by atoms with Gasteiger partial charge in [0.05, 0.1) is 16.9 Å². The standard InChI is InChI=1S/C21H18F3N5/c22-21(23,24)17-4-3-5-18(12-17)28-14-27-29(15-28)20-7-2-1-6-19(20)26-13-16-8-10-25-11-9-16/h1-12,14,26H,13,15H2. The molecule has 2 heterocycles. The summed E-state index contributed by atoms with van der Waals surface area (Å²) in [6.45, 7) is 0.934. The molecule has 1 aliphatic rings. The maximum Gasteiger partial charge on any atom is 0.416 e. The smallest absolute Gasteiger partial charge is 0.379 e. The van der Waals surface area contributed by atoms with Gasteiger partial charge in [-0.1, -0.05) is 18.2 Å². The van der Waals surface area contributed by atoms with Crippen molar-refractivity contribution >= 4 is 23.4 Å². The molecule has 3 aromatic rings. The molecule has 0 atom stereocenters. The van der Waals surface area contributed by atoms with Gasteiger partial charge in [0.25, 0.3) is 0 Å². The predicted molar refractivity (Wildman–Crippen MR) is 108 cm³/mol. The highest BCUT2D eigenvalue weighted by Crippen LogP contribution is 2.33. The summed E-state index contributed by atoms with van der Waals surface area (Å²) in [5.41, 5.74) is 2.57. The first-order valence-electron chi connectivity index (χ1n) is 8.98. The van der Waals surface area contributed by atoms with Gasteiger partial charge in [0.2, 0.25) is 0 Å². The molecule has 0 amide bonds. The molecule has 2 aromatic carbocycles. The van der Waals surface area contributed by atoms with Crippen molar-refractivity contribution in [1.82, 2.24) is 4.98 Å². The normalized spacial score (nSPS) is 13.8. The van der Waals surface area contributed by atoms with Crippen LogP contribution in [0.15, 0.2) is 78.2 Å². The number of alkyl halides is 3. The molecule has 0 aliphatic carbocycles. The minimum absolute atomic E-state index is 0.315. The number of rotatable bonds is 5. The number of aromatic nitrogens is 1. The highest BCUT2D eigenvalue weighted by atomic mass is 19.4. The highest BCUT2D eigenvalue weighted by Gasteiger charge is 2.31. The van der Waals surface area contributed by atoms with Gasteiger partial charge in [0.15, 0.2) is 0 Å². The zero-order chi connectivity index (χ0) is 20.3. The Morgan fingerprint density at radius 3 is 2.55 bits per heavy atom. The Bertz CT molecular complexity index is 1000. The fraction of sp³-hybridized carbons (Fsp3) is 0.143. The van der Waals surface area contributed by atoms with Crippen molar-refractivity contribution in [2.45, 2.75) is 12.7 Å². The SMILES string of the molecule is FC(F)(F)c1cccc(N2C=NN(c3ccccc3NCc3ccncc3)C2)c1. The lowest BCUT2D eigenvalue weighted by Crippen LogP contribution is -2.27. The van der Waals surface area contributed by atoms with Crippen LogP contribution in [0, 0.1) is 0 Å². The molecule has 0 saturated heterocycles. The summed E-state index contributed by atoms with van der Waals surface area (Å²) in [6.07, 6.45) is 0.631. The molecule has 5 nitrogen and oxygen atoms in total. The van der Waals surface area contributed by atoms with Crippen molar-refractivity contribution in [1.29, 1.82) is 0 Å². The van der Waals surface area contributed by atoms with Crippen molar-refractivity contribution in [3.8, 4) is 0 Å². The van der Waals surface area contributed by atoms with Crippen LogP contribution in [0.3, 0.4) is 0 Å². The summed E-state index contributed by atoms with van der Waals surface area (Å²) in [7, 11) is 0. The lowest BCUT2D eigenvalue weighted by molar-refractivity contribution is -0.137. The van der Waals surface area contributed by atoms with E-state index in [0.29, 0.717) is 18.9 Å². The molecule has 8 heteroatoms. The summed E-state index contributed by atoms with van der Waals surface area (Å²) in [5, 5.41) is 9.50. The summed E-state index contributed by atoms with van der Waals surface area (Å²) in [6, 6.07) is 16.8. The average Bonchev–Trinajstić information content (AvgIpc) is 3.23. The zero-order valence-electron chi connectivity index (χ0n) is 15.3. The van der Waals surface area contributed by atoms with E-state index < -0.39 is 11.7 Å². The second-order valence-electron chi connectivity index (χ2n) is 6.52. The van der Waals surface area contributed by atoms with E-state index in [1.807, 2.05) is 36.4 Å². The molecule has 4 rings (SSSR count). The Morgan fingerprint density at radius 1 is 0.966 bits per heavy atom. The van der Waals surface area contributed by atoms with Gasteiger partial charge >= 0.3 is 6.18 Å². The minimum Gasteiger partial charge on any atom is -0.379 e. The topological polar surface area (TPSA) is 43.8 Å². The molecular formula is C21H18F3N5. The van der Waals surface area contributed by atoms with E-state index in [4.69, 9.17) is 0 Å². The third kappa shape index (κ3) is 4.31. The van der Waals surface area contributed by atoms with Crippen LogP contribution in [-0.2, 0) is 12.7 Å². The van der Waals surface area contributed by atoms with Gasteiger partial charge in [-0.15, -0.1) is 0 Å². The van der Waals surface area contributed by atoms with Crippen molar-refractivity contribution in [2.24, 2.45) is 5.10 Å². The number of para-hydroxylation sites is 2. The fourth-order valence-corrected chi connectivity index (χ4v) is 3.04. The number of pyridine rings is 1. The maximum absolute atomic E-state index is 13.0. The quantitative estimate of drug-likeness (QED) is 0.662. The Kier molecular flexibility index (Phi) is 5.07. The number of halogens is 3. The van der Waals surface area contributed by atoms with Crippen LogP contribution in [0.1, 0.15) is 11.1 Å². The van der Waals surface area contributed by atoms with Gasteiger partial charge in [-0.25, -0.2) is 5.01 Å². The Morgan fingerprint density at radius 2 is 1.76 bits per heavy atom. The molecule has 148 valence electrons. The summed E-state index contributed by atoms with van der Waals surface area (Å²) < 4.78 is 39.0. The molecule has 0 unspecified atom stereocenters. The number of benzene rings is 2. The van der Waals surface area contributed by atoms with Gasteiger partial charge < -0.3 is 10.2 Å². The second-order valence-corrected chi connectivity index (χ2v) is 6.52. The fourth-order valence-electron chi connectivity index (χ4n) is 3.04. The largest absolute Gasteiger partial charge is 0.416 e. The summed E-state index contributed by atoms with van der Waals surface area (Å²) in [5.74, 6) is 0. The van der Waals surface area contributed by atoms with E-state index in [1.165, 1.54) is 12.4 Å². The Labute approximate surface area is 166 Å². The van der Waals surface area contributed by atoms with Crippen molar-refractivity contribution < 1.29 is 13.2 Å². The lowest BCUT2D eigenvalue weighted by Gasteiger charge is -2.22. The molecule has 1 aromatic heterocycles. The predicted octanol–water partition coefficient (Wildman–Crippen LogP) is 4.94. The van der Waals surface area contributed by atoms with E-state index in [2.05, 4.69) is 15.4 Å². The molecule has 0 spiro atoms. The first-order chi connectivity index (χ1) is 14.0. The van der Waals surface area contributed by atoms with Crippen molar-refractivity contribution in [2.75, 3.05) is 21.9 Å². The van der Waals surface area contributed by atoms with Gasteiger partial charge in [-0.3, -0.25) is 4.98 Å². The number of hydrogen-bond acceptors (Lipinski definition) is 5. The summed E-state index contributed by atoms with van der Waals surface area (Å²) >= 11 is 0. The number of nitrogens with zero attached hydrogens (tertiary/aromatic N) is 4. The third-order valence-electron chi connectivity index (χ3n) is 4.54. The number of hydrogen-bond donors (Lipinski definition) is 1. The van der Waals surface area contributed by atoms with Gasteiger partial charge in [0.1, 0.15) is 13.0 Å². The molecule has 1 N–H and O–H groups in total. The molecule has 1 aliphatic heterocycles. The van der Waals surface area contributed by atoms with Gasteiger partial charge in [-0.05, 0) is 48.0 Å². The van der Waals surface area contributed by atoms with Crippen LogP contribution in [0.4, 0.5) is 30.2 Å². The number of hydrazone groups is 1. The zero-order valence-corrected chi connectivity index (χ0v) is 15.3. The Hall–Kier alpha value is -3.55. The minimum atomic E-state index is -4.38. The Balaban J connectivity index is 1.49. The van der Waals surface area contributed by atoms with Crippen LogP contribution in [0.25, 0.3) is 0 Å². The van der Waals surface area contributed by atoms with Gasteiger partial charge in [0, 0.05) is 24.6 Å². The summed E-state index contributed by atoms with van der Waals surface area (Å²) in [4.78, 5) is 5.68. The van der Waals surface area contributed by atoms with E-state index in [0.717, 1.165) is 29.1 Å². The van der Waals surface area contributed by atoms with E-state index in [9.17, 15) is 13.2 Å². The van der Waals surface area contributed by atoms with Crippen LogP contribution in [0.2, 0.25) is 0 Å².